The Balaban J connectivity index is 0.954. The molecule has 4 N–H and O–H groups in total. The van der Waals surface area contributed by atoms with Gasteiger partial charge in [-0.1, -0.05) is 6.07 Å². The fourth-order valence-corrected chi connectivity index (χ4v) is 9.28. The van der Waals surface area contributed by atoms with Crippen molar-refractivity contribution in [2.45, 2.75) is 12.1 Å². The summed E-state index contributed by atoms with van der Waals surface area (Å²) in [6.45, 7) is 0.697. The van der Waals surface area contributed by atoms with E-state index in [2.05, 4.69) is 20.7 Å². The van der Waals surface area contributed by atoms with Gasteiger partial charge in [-0.15, -0.1) is 0 Å². The molecule has 0 unspecified atom stereocenters. The van der Waals surface area contributed by atoms with Crippen LogP contribution in [0.1, 0.15) is 26.5 Å². The highest BCUT2D eigenvalue weighted by molar-refractivity contribution is 5.98. The molecule has 6 aliphatic rings. The van der Waals surface area contributed by atoms with Crippen molar-refractivity contribution in [1.29, 1.82) is 0 Å². The molecule has 10 rings (SSSR count). The number of benzene rings is 1. The number of fused-ring (bicyclic) bond motifs is 2. The minimum Gasteiger partial charge on any atom is -0.408 e. The Morgan fingerprint density at radius 3 is 2.58 bits per heavy atom. The van der Waals surface area contributed by atoms with Crippen LogP contribution in [0.4, 0.5) is 4.39 Å². The van der Waals surface area contributed by atoms with Crippen molar-refractivity contribution >= 4 is 28.6 Å². The van der Waals surface area contributed by atoms with E-state index in [-0.39, 0.29) is 34.5 Å². The van der Waals surface area contributed by atoms with E-state index in [1.807, 2.05) is 0 Å². The first-order valence-corrected chi connectivity index (χ1v) is 12.7. The molecule has 192 valence electrons. The van der Waals surface area contributed by atoms with Crippen LogP contribution in [0, 0.1) is 46.7 Å². The van der Waals surface area contributed by atoms with E-state index in [0.29, 0.717) is 53.2 Å². The zero-order valence-corrected chi connectivity index (χ0v) is 20.1. The number of carbonyl (C=O) groups excluding carboxylic acids is 2. The van der Waals surface area contributed by atoms with Gasteiger partial charge in [-0.05, 0) is 58.6 Å². The fourth-order valence-electron chi connectivity index (χ4n) is 9.28. The Labute approximate surface area is 213 Å². The first-order chi connectivity index (χ1) is 18.3. The summed E-state index contributed by atoms with van der Waals surface area (Å²) in [5.41, 5.74) is 8.32. The Bertz CT molecular complexity index is 1800. The molecule has 11 nitrogen and oxygen atoms in total. The summed E-state index contributed by atoms with van der Waals surface area (Å²) in [7, 11) is 1.60. The van der Waals surface area contributed by atoms with Crippen LogP contribution in [0.3, 0.4) is 0 Å². The molecule has 0 radical (unpaired) electrons. The van der Waals surface area contributed by atoms with E-state index in [1.165, 1.54) is 10.6 Å². The van der Waals surface area contributed by atoms with Gasteiger partial charge >= 0.3 is 5.76 Å². The van der Waals surface area contributed by atoms with Gasteiger partial charge in [0, 0.05) is 31.7 Å². The van der Waals surface area contributed by atoms with Crippen molar-refractivity contribution in [3.05, 3.63) is 63.8 Å². The molecule has 3 heterocycles. The number of nitrogens with one attached hydrogen (secondary N) is 2. The molecule has 2 amide bonds. The number of rotatable bonds is 6. The van der Waals surface area contributed by atoms with Crippen molar-refractivity contribution in [3.8, 4) is 0 Å². The van der Waals surface area contributed by atoms with Crippen molar-refractivity contribution < 1.29 is 18.4 Å². The molecule has 6 fully saturated rings. The van der Waals surface area contributed by atoms with E-state index in [4.69, 9.17) is 10.2 Å². The number of amides is 2. The summed E-state index contributed by atoms with van der Waals surface area (Å²) in [4.78, 5) is 42.1. The lowest BCUT2D eigenvalue weighted by Crippen LogP contribution is -3.15. The third-order valence-corrected chi connectivity index (χ3v) is 10.7. The van der Waals surface area contributed by atoms with Gasteiger partial charge in [0.15, 0.2) is 17.0 Å². The van der Waals surface area contributed by atoms with Crippen LogP contribution in [0.15, 0.2) is 39.7 Å². The lowest BCUT2D eigenvalue weighted by atomic mass is 8.94. The summed E-state index contributed by atoms with van der Waals surface area (Å²) in [6, 6.07) is 6.46. The second-order valence-corrected chi connectivity index (χ2v) is 11.6. The lowest BCUT2D eigenvalue weighted by Gasteiger charge is -3.11. The Morgan fingerprint density at radius 2 is 1.84 bits per heavy atom. The highest BCUT2D eigenvalue weighted by atomic mass is 19.1. The third-order valence-electron chi connectivity index (χ3n) is 10.7. The zero-order valence-electron chi connectivity index (χ0n) is 20.1. The van der Waals surface area contributed by atoms with Crippen molar-refractivity contribution in [2.24, 2.45) is 53.7 Å². The molecule has 6 saturated carbocycles. The minimum atomic E-state index is -0.727. The number of oxazole rings is 1. The summed E-state index contributed by atoms with van der Waals surface area (Å²) >= 11 is 0. The quantitative estimate of drug-likeness (QED) is 0.337. The van der Waals surface area contributed by atoms with Crippen LogP contribution in [-0.4, -0.2) is 43.1 Å². The predicted octanol–water partition coefficient (Wildman–Crippen LogP) is 0.422. The van der Waals surface area contributed by atoms with Gasteiger partial charge in [0.25, 0.3) is 11.8 Å². The Kier molecular flexibility index (Phi) is 3.39. The number of aryl methyl sites for hydroxylation is 1. The number of hydrogen-bond acceptors (Lipinski definition) is 7. The number of aromatic nitrogens is 4. The molecule has 0 aliphatic heterocycles. The molecular formula is C26H22FN7O4. The summed E-state index contributed by atoms with van der Waals surface area (Å²) < 4.78 is 22.1. The van der Waals surface area contributed by atoms with Crippen LogP contribution in [0.25, 0.3) is 16.7 Å². The smallest absolute Gasteiger partial charge is 0.408 e. The number of carbonyl (C=O) groups is 2. The van der Waals surface area contributed by atoms with Crippen LogP contribution in [0.2, 0.25) is 0 Å². The highest BCUT2D eigenvalue weighted by Crippen LogP contribution is 3.06. The average molecular weight is 516 g/mol. The molecule has 0 saturated heterocycles. The first kappa shape index (κ1) is 20.9. The van der Waals surface area contributed by atoms with Gasteiger partial charge < -0.3 is 20.8 Å². The zero-order chi connectivity index (χ0) is 25.9. The van der Waals surface area contributed by atoms with Crippen molar-refractivity contribution in [2.75, 3.05) is 6.54 Å². The van der Waals surface area contributed by atoms with Gasteiger partial charge in [0.2, 0.25) is 0 Å². The largest absolute Gasteiger partial charge is 0.419 e. The maximum absolute atomic E-state index is 14.5. The molecule has 0 spiro atoms. The molecule has 0 atom stereocenters. The van der Waals surface area contributed by atoms with E-state index >= 15 is 0 Å². The lowest BCUT2D eigenvalue weighted by molar-refractivity contribution is -0.617. The van der Waals surface area contributed by atoms with Crippen LogP contribution < -0.4 is 22.1 Å². The number of nitrogens with two attached hydrogens (primary N) is 1. The third kappa shape index (κ3) is 1.96. The van der Waals surface area contributed by atoms with Crippen LogP contribution >= 0.6 is 0 Å². The van der Waals surface area contributed by atoms with E-state index in [9.17, 15) is 18.8 Å². The van der Waals surface area contributed by atoms with E-state index < -0.39 is 23.4 Å². The van der Waals surface area contributed by atoms with Gasteiger partial charge in [0.1, 0.15) is 11.4 Å². The summed E-state index contributed by atoms with van der Waals surface area (Å²) in [5, 5.41) is 9.76. The van der Waals surface area contributed by atoms with E-state index in [0.717, 1.165) is 16.3 Å². The van der Waals surface area contributed by atoms with Crippen molar-refractivity contribution in [1.82, 2.24) is 29.8 Å². The number of nitrogens with zero attached hydrogens (tertiary/aromatic N) is 4. The van der Waals surface area contributed by atoms with Gasteiger partial charge in [-0.3, -0.25) is 14.2 Å². The maximum atomic E-state index is 14.5. The summed E-state index contributed by atoms with van der Waals surface area (Å²) in [6.07, 6.45) is 0.976. The highest BCUT2D eigenvalue weighted by Gasteiger charge is 3.08. The molecule has 12 heteroatoms. The SMILES string of the molecule is Cn1c(=O)oc2ccc(CNC(=O)c3cc(C(=O)NCC45C6C7C4C4C5C6C74N)n4ncc(F)c4n3)cc21. The molecule has 4 aromatic rings. The molecular weight excluding hydrogens is 493 g/mol. The predicted molar refractivity (Wildman–Crippen MR) is 128 cm³/mol. The van der Waals surface area contributed by atoms with Gasteiger partial charge in [0.05, 0.1) is 11.7 Å². The number of halogens is 1. The first-order valence-electron chi connectivity index (χ1n) is 12.7. The fraction of sp³-hybridized carbons (Fsp3) is 0.423. The van der Waals surface area contributed by atoms with Crippen LogP contribution in [0.5, 0.6) is 0 Å². The average Bonchev–Trinajstić information content (AvgIpc) is 3.44. The molecule has 6 aliphatic carbocycles. The van der Waals surface area contributed by atoms with Gasteiger partial charge in [-0.2, -0.15) is 5.10 Å². The maximum Gasteiger partial charge on any atom is 0.419 e. The second kappa shape index (κ2) is 6.15. The molecule has 0 bridgehead atoms. The van der Waals surface area contributed by atoms with Gasteiger partial charge in [-0.25, -0.2) is 18.7 Å². The second-order valence-electron chi connectivity index (χ2n) is 11.6. The van der Waals surface area contributed by atoms with E-state index in [1.54, 1.807) is 25.2 Å². The molecule has 3 aromatic heterocycles. The van der Waals surface area contributed by atoms with Crippen LogP contribution in [-0.2, 0) is 13.6 Å². The minimum absolute atomic E-state index is 0.0473. The standard InChI is InChI=1S/C26H22FN7O4/c1-33-12-4-9(2-3-14(12)38-24(33)37)6-29-22(35)11-5-13(34-21(32-11)10(27)7-31-34)23(36)30-8-25-15-18-16(25)20-17(25)19(15)26(18,20)28/h2-5,7,15-20H,6,8,28H2,1H3,(H,29,35)(H,30,36). The molecule has 38 heavy (non-hydrogen) atoms. The topological polar surface area (TPSA) is 150 Å². The normalized spacial score (nSPS) is 36.0. The molecule has 1 aromatic carbocycles. The monoisotopic (exact) mass is 515 g/mol. The Morgan fingerprint density at radius 1 is 1.11 bits per heavy atom. The number of hydrogen-bond donors (Lipinski definition) is 3. The van der Waals surface area contributed by atoms with Crippen molar-refractivity contribution in [3.63, 3.8) is 0 Å². The Hall–Kier alpha value is -4.06. The summed E-state index contributed by atoms with van der Waals surface area (Å²) in [5.74, 6) is 1.64.